The zero-order valence-corrected chi connectivity index (χ0v) is 18.5. The predicted octanol–water partition coefficient (Wildman–Crippen LogP) is 3.48. The zero-order chi connectivity index (χ0) is 22.6. The molecule has 1 aliphatic rings. The summed E-state index contributed by atoms with van der Waals surface area (Å²) in [6.07, 6.45) is 4.15. The van der Waals surface area contributed by atoms with Crippen molar-refractivity contribution >= 4 is 11.5 Å². The number of aromatic nitrogens is 5. The molecule has 4 aromatic rings. The molecule has 0 unspecified atom stereocenters. The maximum absolute atomic E-state index is 13.4. The van der Waals surface area contributed by atoms with Gasteiger partial charge in [0.2, 0.25) is 5.95 Å². The Morgan fingerprint density at radius 3 is 2.59 bits per heavy atom. The third-order valence-corrected chi connectivity index (χ3v) is 6.18. The molecular weight excluding hydrogens is 407 g/mol. The molecule has 0 saturated carbocycles. The molecular formula is C24H23FN6O. The van der Waals surface area contributed by atoms with Crippen molar-refractivity contribution < 1.29 is 4.39 Å². The van der Waals surface area contributed by atoms with Crippen LogP contribution in [-0.4, -0.2) is 31.1 Å². The lowest BCUT2D eigenvalue weighted by Crippen LogP contribution is -2.34. The number of nitrogens with zero attached hydrogens (tertiary/aromatic N) is 6. The number of halogens is 1. The molecule has 8 heteroatoms. The molecule has 0 aromatic carbocycles. The van der Waals surface area contributed by atoms with E-state index < -0.39 is 5.95 Å². The molecule has 0 fully saturated rings. The second kappa shape index (κ2) is 7.47. The van der Waals surface area contributed by atoms with Crippen molar-refractivity contribution in [3.63, 3.8) is 0 Å². The van der Waals surface area contributed by atoms with Gasteiger partial charge in [-0.05, 0) is 51.0 Å². The normalized spacial score (nSPS) is 13.5. The lowest BCUT2D eigenvalue weighted by Gasteiger charge is -2.31. The first-order valence-corrected chi connectivity index (χ1v) is 10.5. The van der Waals surface area contributed by atoms with E-state index in [-0.39, 0.29) is 5.56 Å². The smallest absolute Gasteiger partial charge is 0.274 e. The van der Waals surface area contributed by atoms with Crippen molar-refractivity contribution in [2.75, 3.05) is 11.4 Å². The summed E-state index contributed by atoms with van der Waals surface area (Å²) in [4.78, 5) is 27.7. The Balaban J connectivity index is 1.56. The summed E-state index contributed by atoms with van der Waals surface area (Å²) in [5.41, 5.74) is 7.77. The van der Waals surface area contributed by atoms with Gasteiger partial charge in [0, 0.05) is 71.6 Å². The number of fused-ring (bicyclic) bond motifs is 2. The van der Waals surface area contributed by atoms with Gasteiger partial charge in [-0.1, -0.05) is 0 Å². The largest absolute Gasteiger partial charge is 0.350 e. The maximum Gasteiger partial charge on any atom is 0.274 e. The molecule has 0 aliphatic carbocycles. The van der Waals surface area contributed by atoms with Gasteiger partial charge in [0.15, 0.2) is 11.5 Å². The van der Waals surface area contributed by atoms with Crippen LogP contribution < -0.4 is 10.5 Å². The Morgan fingerprint density at radius 2 is 1.81 bits per heavy atom. The van der Waals surface area contributed by atoms with E-state index in [1.807, 2.05) is 33.9 Å². The van der Waals surface area contributed by atoms with Crippen LogP contribution in [0.5, 0.6) is 0 Å². The SMILES string of the molecule is Cc1cc(=O)n2nc(N3CCc4ncc(-c5cnc(F)cc5C)cc4C3)c(C)c(C)c2n1. The molecule has 5 rings (SSSR count). The molecule has 5 heterocycles. The van der Waals surface area contributed by atoms with E-state index in [1.165, 1.54) is 16.6 Å². The van der Waals surface area contributed by atoms with Crippen LogP contribution in [0.25, 0.3) is 16.8 Å². The highest BCUT2D eigenvalue weighted by Crippen LogP contribution is 2.30. The van der Waals surface area contributed by atoms with Gasteiger partial charge in [0.05, 0.1) is 0 Å². The molecule has 0 N–H and O–H groups in total. The summed E-state index contributed by atoms with van der Waals surface area (Å²) in [5.74, 6) is 0.287. The first-order chi connectivity index (χ1) is 15.3. The molecule has 0 bridgehead atoms. The molecule has 7 nitrogen and oxygen atoms in total. The molecule has 162 valence electrons. The minimum Gasteiger partial charge on any atom is -0.350 e. The molecule has 0 atom stereocenters. The van der Waals surface area contributed by atoms with Crippen molar-refractivity contribution in [3.8, 4) is 11.1 Å². The third-order valence-electron chi connectivity index (χ3n) is 6.18. The molecule has 4 aromatic heterocycles. The van der Waals surface area contributed by atoms with E-state index in [1.54, 1.807) is 6.20 Å². The molecule has 0 spiro atoms. The van der Waals surface area contributed by atoms with Gasteiger partial charge >= 0.3 is 0 Å². The quantitative estimate of drug-likeness (QED) is 0.453. The van der Waals surface area contributed by atoms with Gasteiger partial charge < -0.3 is 4.90 Å². The van der Waals surface area contributed by atoms with Crippen LogP contribution in [0.1, 0.15) is 33.6 Å². The Kier molecular flexibility index (Phi) is 4.73. The topological polar surface area (TPSA) is 76.3 Å². The standard InChI is InChI=1S/C24H23FN6O/c1-13-7-21(25)27-11-19(13)17-9-18-12-30(6-5-20(18)26-10-17)24-16(4)15(3)23-28-14(2)8-22(32)31(23)29-24/h7-11H,5-6,12H2,1-4H3. The summed E-state index contributed by atoms with van der Waals surface area (Å²) < 4.78 is 14.8. The average molecular weight is 430 g/mol. The second-order valence-corrected chi connectivity index (χ2v) is 8.37. The molecule has 0 saturated heterocycles. The number of hydrogen-bond acceptors (Lipinski definition) is 6. The van der Waals surface area contributed by atoms with E-state index in [0.29, 0.717) is 17.9 Å². The Hall–Kier alpha value is -3.68. The van der Waals surface area contributed by atoms with E-state index in [0.717, 1.165) is 57.9 Å². The number of pyridine rings is 2. The van der Waals surface area contributed by atoms with Crippen LogP contribution in [0.4, 0.5) is 10.2 Å². The predicted molar refractivity (Wildman–Crippen MR) is 120 cm³/mol. The molecule has 1 aliphatic heterocycles. The van der Waals surface area contributed by atoms with E-state index in [4.69, 9.17) is 0 Å². The van der Waals surface area contributed by atoms with Gasteiger partial charge in [-0.2, -0.15) is 8.91 Å². The Morgan fingerprint density at radius 1 is 1.00 bits per heavy atom. The summed E-state index contributed by atoms with van der Waals surface area (Å²) in [7, 11) is 0. The first kappa shape index (κ1) is 20.2. The minimum atomic E-state index is -0.489. The molecule has 32 heavy (non-hydrogen) atoms. The van der Waals surface area contributed by atoms with Crippen molar-refractivity contribution in [3.05, 3.63) is 80.5 Å². The Bertz CT molecular complexity index is 1450. The Labute approximate surface area is 184 Å². The fraction of sp³-hybridized carbons (Fsp3) is 0.292. The summed E-state index contributed by atoms with van der Waals surface area (Å²) in [6.45, 7) is 9.05. The van der Waals surface area contributed by atoms with Crippen LogP contribution in [-0.2, 0) is 13.0 Å². The van der Waals surface area contributed by atoms with Crippen molar-refractivity contribution in [1.29, 1.82) is 0 Å². The lowest BCUT2D eigenvalue weighted by molar-refractivity contribution is 0.583. The van der Waals surface area contributed by atoms with Gasteiger partial charge in [-0.25, -0.2) is 9.97 Å². The fourth-order valence-electron chi connectivity index (χ4n) is 4.31. The number of aryl methyl sites for hydroxylation is 3. The van der Waals surface area contributed by atoms with Crippen LogP contribution >= 0.6 is 0 Å². The number of hydrogen-bond donors (Lipinski definition) is 0. The first-order valence-electron chi connectivity index (χ1n) is 10.5. The summed E-state index contributed by atoms with van der Waals surface area (Å²) >= 11 is 0. The molecule has 0 radical (unpaired) electrons. The van der Waals surface area contributed by atoms with Crippen LogP contribution in [0.3, 0.4) is 0 Å². The van der Waals surface area contributed by atoms with Crippen LogP contribution in [0, 0.1) is 33.6 Å². The van der Waals surface area contributed by atoms with Gasteiger partial charge in [-0.15, -0.1) is 5.10 Å². The van der Waals surface area contributed by atoms with Crippen LogP contribution in [0.15, 0.2) is 35.4 Å². The summed E-state index contributed by atoms with van der Waals surface area (Å²) in [6, 6.07) is 5.02. The third kappa shape index (κ3) is 3.32. The van der Waals surface area contributed by atoms with E-state index in [2.05, 4.69) is 31.0 Å². The lowest BCUT2D eigenvalue weighted by atomic mass is 9.98. The fourth-order valence-corrected chi connectivity index (χ4v) is 4.31. The zero-order valence-electron chi connectivity index (χ0n) is 18.5. The van der Waals surface area contributed by atoms with E-state index in [9.17, 15) is 9.18 Å². The molecule has 0 amide bonds. The highest BCUT2D eigenvalue weighted by molar-refractivity contribution is 5.67. The average Bonchev–Trinajstić information content (AvgIpc) is 2.76. The highest BCUT2D eigenvalue weighted by atomic mass is 19.1. The summed E-state index contributed by atoms with van der Waals surface area (Å²) in [5, 5.41) is 4.67. The van der Waals surface area contributed by atoms with Gasteiger partial charge in [0.25, 0.3) is 5.56 Å². The van der Waals surface area contributed by atoms with Crippen molar-refractivity contribution in [1.82, 2.24) is 24.6 Å². The van der Waals surface area contributed by atoms with Crippen LogP contribution in [0.2, 0.25) is 0 Å². The number of anilines is 1. The maximum atomic E-state index is 13.4. The minimum absolute atomic E-state index is 0.183. The monoisotopic (exact) mass is 430 g/mol. The van der Waals surface area contributed by atoms with Crippen molar-refractivity contribution in [2.24, 2.45) is 0 Å². The van der Waals surface area contributed by atoms with Gasteiger partial charge in [-0.3, -0.25) is 9.78 Å². The number of rotatable bonds is 2. The van der Waals surface area contributed by atoms with E-state index >= 15 is 0 Å². The van der Waals surface area contributed by atoms with Gasteiger partial charge in [0.1, 0.15) is 0 Å². The highest BCUT2D eigenvalue weighted by Gasteiger charge is 2.23. The van der Waals surface area contributed by atoms with Crippen molar-refractivity contribution in [2.45, 2.75) is 40.7 Å². The second-order valence-electron chi connectivity index (χ2n) is 8.37.